The topological polar surface area (TPSA) is 55.2 Å². The van der Waals surface area contributed by atoms with Crippen molar-refractivity contribution in [2.24, 2.45) is 0 Å². The highest BCUT2D eigenvalue weighted by molar-refractivity contribution is 6.33. The summed E-state index contributed by atoms with van der Waals surface area (Å²) in [6, 6.07) is 8.20. The van der Waals surface area contributed by atoms with E-state index in [9.17, 15) is 14.5 Å². The Morgan fingerprint density at radius 2 is 1.90 bits per heavy atom. The lowest BCUT2D eigenvalue weighted by atomic mass is 10.2. The molecule has 0 saturated heterocycles. The summed E-state index contributed by atoms with van der Waals surface area (Å²) in [7, 11) is 0. The Balaban J connectivity index is 2.13. The summed E-state index contributed by atoms with van der Waals surface area (Å²) in [6.45, 7) is 0.330. The maximum Gasteiger partial charge on any atom is 0.271 e. The van der Waals surface area contributed by atoms with Gasteiger partial charge in [-0.2, -0.15) is 0 Å². The van der Waals surface area contributed by atoms with Crippen molar-refractivity contribution in [2.75, 3.05) is 5.32 Å². The van der Waals surface area contributed by atoms with Gasteiger partial charge < -0.3 is 5.32 Å². The molecule has 0 aliphatic heterocycles. The highest BCUT2D eigenvalue weighted by Crippen LogP contribution is 2.27. The summed E-state index contributed by atoms with van der Waals surface area (Å²) >= 11 is 11.8. The van der Waals surface area contributed by atoms with Crippen LogP contribution < -0.4 is 5.32 Å². The highest BCUT2D eigenvalue weighted by Gasteiger charge is 2.09. The van der Waals surface area contributed by atoms with Crippen LogP contribution in [0.15, 0.2) is 36.4 Å². The molecule has 2 aromatic carbocycles. The van der Waals surface area contributed by atoms with E-state index in [1.807, 2.05) is 0 Å². The zero-order chi connectivity index (χ0) is 14.7. The minimum absolute atomic E-state index is 0.0830. The van der Waals surface area contributed by atoms with Crippen molar-refractivity contribution in [1.82, 2.24) is 0 Å². The molecule has 2 rings (SSSR count). The van der Waals surface area contributed by atoms with Crippen LogP contribution in [-0.4, -0.2) is 4.92 Å². The van der Waals surface area contributed by atoms with Crippen LogP contribution >= 0.6 is 23.2 Å². The van der Waals surface area contributed by atoms with E-state index >= 15 is 0 Å². The van der Waals surface area contributed by atoms with Gasteiger partial charge in [-0.05, 0) is 23.8 Å². The third-order valence-electron chi connectivity index (χ3n) is 2.65. The predicted octanol–water partition coefficient (Wildman–Crippen LogP) is 4.65. The number of hydrogen-bond donors (Lipinski definition) is 1. The van der Waals surface area contributed by atoms with Gasteiger partial charge in [0.2, 0.25) is 0 Å². The van der Waals surface area contributed by atoms with Gasteiger partial charge in [-0.25, -0.2) is 4.39 Å². The van der Waals surface area contributed by atoms with Crippen molar-refractivity contribution in [2.45, 2.75) is 6.54 Å². The molecular weight excluding hydrogens is 306 g/mol. The maximum absolute atomic E-state index is 12.9. The van der Waals surface area contributed by atoms with Gasteiger partial charge in [-0.15, -0.1) is 0 Å². The minimum Gasteiger partial charge on any atom is -0.380 e. The first-order valence-corrected chi connectivity index (χ1v) is 6.34. The molecule has 0 amide bonds. The summed E-state index contributed by atoms with van der Waals surface area (Å²) in [5.41, 5.74) is 1.15. The summed E-state index contributed by atoms with van der Waals surface area (Å²) in [6.07, 6.45) is 0. The number of hydrogen-bond acceptors (Lipinski definition) is 3. The molecule has 1 N–H and O–H groups in total. The molecule has 0 aliphatic rings. The number of nitro groups is 1. The number of rotatable bonds is 4. The van der Waals surface area contributed by atoms with Gasteiger partial charge in [-0.3, -0.25) is 10.1 Å². The second kappa shape index (κ2) is 6.07. The number of benzene rings is 2. The molecule has 0 bridgehead atoms. The van der Waals surface area contributed by atoms with Crippen LogP contribution in [0.1, 0.15) is 5.56 Å². The van der Waals surface area contributed by atoms with Crippen LogP contribution in [0, 0.1) is 15.9 Å². The van der Waals surface area contributed by atoms with Crippen LogP contribution in [0.25, 0.3) is 0 Å². The van der Waals surface area contributed by atoms with E-state index in [4.69, 9.17) is 23.2 Å². The monoisotopic (exact) mass is 314 g/mol. The van der Waals surface area contributed by atoms with E-state index in [1.54, 1.807) is 6.07 Å². The van der Waals surface area contributed by atoms with Crippen molar-refractivity contribution < 1.29 is 9.31 Å². The van der Waals surface area contributed by atoms with Crippen molar-refractivity contribution >= 4 is 34.6 Å². The van der Waals surface area contributed by atoms with Crippen LogP contribution in [-0.2, 0) is 6.54 Å². The molecule has 0 saturated carbocycles. The first-order valence-electron chi connectivity index (χ1n) is 5.59. The Morgan fingerprint density at radius 1 is 1.15 bits per heavy atom. The molecule has 20 heavy (non-hydrogen) atoms. The fourth-order valence-electron chi connectivity index (χ4n) is 1.62. The smallest absolute Gasteiger partial charge is 0.271 e. The molecule has 0 atom stereocenters. The van der Waals surface area contributed by atoms with E-state index in [2.05, 4.69) is 5.32 Å². The molecule has 0 radical (unpaired) electrons. The molecule has 0 aromatic heterocycles. The van der Waals surface area contributed by atoms with Crippen LogP contribution in [0.3, 0.4) is 0 Å². The molecule has 0 spiro atoms. The fourth-order valence-corrected chi connectivity index (χ4v) is 2.09. The first-order chi connectivity index (χ1) is 9.47. The SMILES string of the molecule is O=[N+]([O-])c1ccc(NCc2ccc(F)cc2Cl)c(Cl)c1. The number of anilines is 1. The number of nitrogens with zero attached hydrogens (tertiary/aromatic N) is 1. The molecule has 0 unspecified atom stereocenters. The Morgan fingerprint density at radius 3 is 2.50 bits per heavy atom. The number of nitro benzene ring substituents is 1. The number of halogens is 3. The Bertz CT molecular complexity index is 665. The van der Waals surface area contributed by atoms with Gasteiger partial charge in [0, 0.05) is 23.7 Å². The second-order valence-corrected chi connectivity index (χ2v) is 4.82. The van der Waals surface area contributed by atoms with Crippen molar-refractivity contribution in [1.29, 1.82) is 0 Å². The van der Waals surface area contributed by atoms with Crippen LogP contribution in [0.2, 0.25) is 10.0 Å². The van der Waals surface area contributed by atoms with Crippen molar-refractivity contribution in [3.63, 3.8) is 0 Å². The van der Waals surface area contributed by atoms with E-state index in [1.165, 1.54) is 30.3 Å². The average molecular weight is 315 g/mol. The molecule has 104 valence electrons. The lowest BCUT2D eigenvalue weighted by Crippen LogP contribution is -2.01. The average Bonchev–Trinajstić information content (AvgIpc) is 2.38. The van der Waals surface area contributed by atoms with E-state index in [-0.39, 0.29) is 10.7 Å². The Labute approximate surface area is 124 Å². The van der Waals surface area contributed by atoms with E-state index < -0.39 is 10.7 Å². The molecule has 4 nitrogen and oxygen atoms in total. The molecular formula is C13H9Cl2FN2O2. The van der Waals surface area contributed by atoms with Gasteiger partial charge in [0.05, 0.1) is 15.6 Å². The van der Waals surface area contributed by atoms with Crippen LogP contribution in [0.5, 0.6) is 0 Å². The third kappa shape index (κ3) is 3.37. The largest absolute Gasteiger partial charge is 0.380 e. The molecule has 0 fully saturated rings. The second-order valence-electron chi connectivity index (χ2n) is 4.01. The zero-order valence-electron chi connectivity index (χ0n) is 10.1. The Kier molecular flexibility index (Phi) is 4.42. The lowest BCUT2D eigenvalue weighted by molar-refractivity contribution is -0.384. The fraction of sp³-hybridized carbons (Fsp3) is 0.0769. The molecule has 0 aliphatic carbocycles. The standard InChI is InChI=1S/C13H9Cl2FN2O2/c14-11-5-9(16)2-1-8(11)7-17-13-4-3-10(18(19)20)6-12(13)15/h1-6,17H,7H2. The Hall–Kier alpha value is -1.85. The zero-order valence-corrected chi connectivity index (χ0v) is 11.6. The molecule has 2 aromatic rings. The quantitative estimate of drug-likeness (QED) is 0.660. The summed E-state index contributed by atoms with van der Waals surface area (Å²) in [4.78, 5) is 10.1. The third-order valence-corrected chi connectivity index (χ3v) is 3.31. The number of nitrogens with one attached hydrogen (secondary N) is 1. The lowest BCUT2D eigenvalue weighted by Gasteiger charge is -2.09. The van der Waals surface area contributed by atoms with Gasteiger partial charge in [0.1, 0.15) is 5.82 Å². The maximum atomic E-state index is 12.9. The first kappa shape index (κ1) is 14.6. The predicted molar refractivity (Wildman–Crippen MR) is 76.8 cm³/mol. The van der Waals surface area contributed by atoms with E-state index in [0.29, 0.717) is 22.8 Å². The molecule has 0 heterocycles. The van der Waals surface area contributed by atoms with E-state index in [0.717, 1.165) is 0 Å². The van der Waals surface area contributed by atoms with Gasteiger partial charge in [-0.1, -0.05) is 29.3 Å². The van der Waals surface area contributed by atoms with Gasteiger partial charge in [0.15, 0.2) is 0 Å². The minimum atomic E-state index is -0.521. The highest BCUT2D eigenvalue weighted by atomic mass is 35.5. The van der Waals surface area contributed by atoms with Crippen molar-refractivity contribution in [3.05, 3.63) is 67.9 Å². The summed E-state index contributed by atoms with van der Waals surface area (Å²) < 4.78 is 12.9. The van der Waals surface area contributed by atoms with Crippen LogP contribution in [0.4, 0.5) is 15.8 Å². The van der Waals surface area contributed by atoms with Gasteiger partial charge in [0.25, 0.3) is 5.69 Å². The summed E-state index contributed by atoms with van der Waals surface area (Å²) in [5, 5.41) is 14.1. The molecule has 7 heteroatoms. The summed E-state index contributed by atoms with van der Waals surface area (Å²) in [5.74, 6) is -0.410. The normalized spacial score (nSPS) is 10.3. The van der Waals surface area contributed by atoms with Gasteiger partial charge >= 0.3 is 0 Å². The number of non-ortho nitro benzene ring substituents is 1. The van der Waals surface area contributed by atoms with Crippen molar-refractivity contribution in [3.8, 4) is 0 Å².